The molecule has 78 valence electrons. The molecule has 3 heteroatoms. The van der Waals surface area contributed by atoms with E-state index in [-0.39, 0.29) is 5.82 Å². The number of anilines is 1. The first kappa shape index (κ1) is 11.3. The highest BCUT2D eigenvalue weighted by Crippen LogP contribution is 2.22. The zero-order valence-electron chi connectivity index (χ0n) is 8.56. The van der Waals surface area contributed by atoms with Crippen LogP contribution in [0.3, 0.4) is 0 Å². The van der Waals surface area contributed by atoms with E-state index in [1.54, 1.807) is 6.07 Å². The van der Waals surface area contributed by atoms with Crippen LogP contribution in [0.25, 0.3) is 0 Å². The maximum absolute atomic E-state index is 12.9. The molecule has 0 N–H and O–H groups in total. The number of hydrogen-bond acceptors (Lipinski definition) is 1. The number of halogens is 2. The van der Waals surface area contributed by atoms with Crippen LogP contribution in [-0.4, -0.2) is 13.1 Å². The van der Waals surface area contributed by atoms with Gasteiger partial charge < -0.3 is 4.90 Å². The molecule has 0 unspecified atom stereocenters. The van der Waals surface area contributed by atoms with Crippen LogP contribution < -0.4 is 4.90 Å². The first-order valence-electron chi connectivity index (χ1n) is 4.82. The SMILES string of the molecule is CCN(CC)c1ccc(F)cc1CCl. The van der Waals surface area contributed by atoms with Crippen molar-refractivity contribution in [3.63, 3.8) is 0 Å². The van der Waals surface area contributed by atoms with Gasteiger partial charge in [-0.1, -0.05) is 0 Å². The fourth-order valence-electron chi connectivity index (χ4n) is 1.53. The summed E-state index contributed by atoms with van der Waals surface area (Å²) >= 11 is 5.77. The molecule has 0 spiro atoms. The molecule has 0 saturated heterocycles. The van der Waals surface area contributed by atoms with Crippen LogP contribution in [0, 0.1) is 5.82 Å². The summed E-state index contributed by atoms with van der Waals surface area (Å²) in [6.45, 7) is 5.97. The normalized spacial score (nSPS) is 10.3. The quantitative estimate of drug-likeness (QED) is 0.696. The zero-order chi connectivity index (χ0) is 10.6. The van der Waals surface area contributed by atoms with Crippen molar-refractivity contribution >= 4 is 17.3 Å². The predicted octanol–water partition coefficient (Wildman–Crippen LogP) is 3.41. The van der Waals surface area contributed by atoms with E-state index in [9.17, 15) is 4.39 Å². The third kappa shape index (κ3) is 2.38. The molecule has 0 fully saturated rings. The maximum atomic E-state index is 12.9. The van der Waals surface area contributed by atoms with Gasteiger partial charge in [0.1, 0.15) is 5.82 Å². The van der Waals surface area contributed by atoms with Crippen LogP contribution in [0.5, 0.6) is 0 Å². The average Bonchev–Trinajstić information content (AvgIpc) is 2.21. The van der Waals surface area contributed by atoms with Gasteiger partial charge in [0.05, 0.1) is 0 Å². The maximum Gasteiger partial charge on any atom is 0.123 e. The van der Waals surface area contributed by atoms with E-state index >= 15 is 0 Å². The van der Waals surface area contributed by atoms with Crippen molar-refractivity contribution in [2.45, 2.75) is 19.7 Å². The smallest absolute Gasteiger partial charge is 0.123 e. The van der Waals surface area contributed by atoms with Crippen molar-refractivity contribution in [1.29, 1.82) is 0 Å². The first-order chi connectivity index (χ1) is 6.72. The minimum Gasteiger partial charge on any atom is -0.372 e. The summed E-state index contributed by atoms with van der Waals surface area (Å²) in [5, 5.41) is 0. The Hall–Kier alpha value is -0.760. The molecule has 0 aliphatic rings. The van der Waals surface area contributed by atoms with Crippen molar-refractivity contribution < 1.29 is 4.39 Å². The van der Waals surface area contributed by atoms with Gasteiger partial charge in [-0.05, 0) is 37.6 Å². The monoisotopic (exact) mass is 215 g/mol. The Morgan fingerprint density at radius 2 is 1.93 bits per heavy atom. The van der Waals surface area contributed by atoms with E-state index in [2.05, 4.69) is 18.7 Å². The molecule has 14 heavy (non-hydrogen) atoms. The van der Waals surface area contributed by atoms with E-state index in [4.69, 9.17) is 11.6 Å². The number of alkyl halides is 1. The fraction of sp³-hybridized carbons (Fsp3) is 0.455. The van der Waals surface area contributed by atoms with Gasteiger partial charge in [-0.2, -0.15) is 0 Å². The molecule has 1 aromatic rings. The summed E-state index contributed by atoms with van der Waals surface area (Å²) in [5.41, 5.74) is 1.89. The molecule has 1 rings (SSSR count). The minimum atomic E-state index is -0.225. The van der Waals surface area contributed by atoms with Crippen molar-refractivity contribution in [2.75, 3.05) is 18.0 Å². The lowest BCUT2D eigenvalue weighted by atomic mass is 10.1. The van der Waals surface area contributed by atoms with E-state index in [0.717, 1.165) is 24.3 Å². The molecule has 1 nitrogen and oxygen atoms in total. The lowest BCUT2D eigenvalue weighted by Gasteiger charge is -2.23. The van der Waals surface area contributed by atoms with E-state index in [1.165, 1.54) is 12.1 Å². The van der Waals surface area contributed by atoms with Gasteiger partial charge in [0, 0.05) is 24.7 Å². The molecule has 0 amide bonds. The van der Waals surface area contributed by atoms with Gasteiger partial charge in [-0.25, -0.2) is 4.39 Å². The van der Waals surface area contributed by atoms with Gasteiger partial charge in [-0.15, -0.1) is 11.6 Å². The third-order valence-corrected chi connectivity index (χ3v) is 2.58. The van der Waals surface area contributed by atoms with Gasteiger partial charge >= 0.3 is 0 Å². The van der Waals surface area contributed by atoms with E-state index in [1.807, 2.05) is 0 Å². The Morgan fingerprint density at radius 1 is 1.29 bits per heavy atom. The van der Waals surface area contributed by atoms with Gasteiger partial charge in [0.2, 0.25) is 0 Å². The Bertz CT molecular complexity index is 297. The highest BCUT2D eigenvalue weighted by Gasteiger charge is 2.08. The van der Waals surface area contributed by atoms with Gasteiger partial charge in [-0.3, -0.25) is 0 Å². The van der Waals surface area contributed by atoms with E-state index < -0.39 is 0 Å². The summed E-state index contributed by atoms with van der Waals surface area (Å²) in [6.07, 6.45) is 0. The summed E-state index contributed by atoms with van der Waals surface area (Å²) in [4.78, 5) is 2.16. The van der Waals surface area contributed by atoms with E-state index in [0.29, 0.717) is 5.88 Å². The summed E-state index contributed by atoms with van der Waals surface area (Å²) in [7, 11) is 0. The molecule has 0 aliphatic carbocycles. The Labute approximate surface area is 89.5 Å². The van der Waals surface area contributed by atoms with Crippen molar-refractivity contribution in [3.05, 3.63) is 29.6 Å². The van der Waals surface area contributed by atoms with Crippen LogP contribution in [0.15, 0.2) is 18.2 Å². The molecule has 0 aliphatic heterocycles. The number of nitrogens with zero attached hydrogens (tertiary/aromatic N) is 1. The molecule has 1 aromatic carbocycles. The van der Waals surface area contributed by atoms with Gasteiger partial charge in [0.25, 0.3) is 0 Å². The highest BCUT2D eigenvalue weighted by atomic mass is 35.5. The predicted molar refractivity (Wildman–Crippen MR) is 59.5 cm³/mol. The second-order valence-corrected chi connectivity index (χ2v) is 3.35. The molecule has 0 bridgehead atoms. The number of hydrogen-bond donors (Lipinski definition) is 0. The Morgan fingerprint density at radius 3 is 2.43 bits per heavy atom. The second-order valence-electron chi connectivity index (χ2n) is 3.08. The topological polar surface area (TPSA) is 3.24 Å². The zero-order valence-corrected chi connectivity index (χ0v) is 9.31. The van der Waals surface area contributed by atoms with Crippen molar-refractivity contribution in [3.8, 4) is 0 Å². The van der Waals surface area contributed by atoms with Gasteiger partial charge in [0.15, 0.2) is 0 Å². The molecule has 0 atom stereocenters. The van der Waals surface area contributed by atoms with Crippen LogP contribution in [0.1, 0.15) is 19.4 Å². The van der Waals surface area contributed by atoms with Crippen LogP contribution in [0.4, 0.5) is 10.1 Å². The molecular weight excluding hydrogens is 201 g/mol. The lowest BCUT2D eigenvalue weighted by Crippen LogP contribution is -2.23. The Kier molecular flexibility index (Phi) is 4.21. The molecule has 0 radical (unpaired) electrons. The lowest BCUT2D eigenvalue weighted by molar-refractivity contribution is 0.626. The first-order valence-corrected chi connectivity index (χ1v) is 5.35. The van der Waals surface area contributed by atoms with Crippen molar-refractivity contribution in [1.82, 2.24) is 0 Å². The number of benzene rings is 1. The van der Waals surface area contributed by atoms with Crippen LogP contribution >= 0.6 is 11.6 Å². The Balaban J connectivity index is 3.06. The van der Waals surface area contributed by atoms with Crippen molar-refractivity contribution in [2.24, 2.45) is 0 Å². The number of rotatable bonds is 4. The third-order valence-electron chi connectivity index (χ3n) is 2.29. The molecular formula is C11H15ClFN. The minimum absolute atomic E-state index is 0.225. The standard InChI is InChI=1S/C11H15ClFN/c1-3-14(4-2)11-6-5-10(13)7-9(11)8-12/h5-7H,3-4,8H2,1-2H3. The summed E-state index contributed by atoms with van der Waals surface area (Å²) in [5.74, 6) is 0.125. The summed E-state index contributed by atoms with van der Waals surface area (Å²) in [6, 6.07) is 4.77. The van der Waals surface area contributed by atoms with Crippen LogP contribution in [-0.2, 0) is 5.88 Å². The summed E-state index contributed by atoms with van der Waals surface area (Å²) < 4.78 is 12.9. The fourth-order valence-corrected chi connectivity index (χ4v) is 1.75. The highest BCUT2D eigenvalue weighted by molar-refractivity contribution is 6.17. The molecule has 0 heterocycles. The van der Waals surface area contributed by atoms with Crippen LogP contribution in [0.2, 0.25) is 0 Å². The second kappa shape index (κ2) is 5.20. The largest absolute Gasteiger partial charge is 0.372 e. The molecule has 0 aromatic heterocycles. The molecule has 0 saturated carbocycles. The average molecular weight is 216 g/mol.